The highest BCUT2D eigenvalue weighted by atomic mass is 19.1. The van der Waals surface area contributed by atoms with Gasteiger partial charge in [-0.05, 0) is 54.6 Å². The van der Waals surface area contributed by atoms with Crippen molar-refractivity contribution in [2.45, 2.75) is 6.04 Å². The molecule has 2 aromatic heterocycles. The normalized spacial score (nSPS) is 15.4. The maximum Gasteiger partial charge on any atom is 0.247 e. The van der Waals surface area contributed by atoms with Crippen molar-refractivity contribution < 1.29 is 13.9 Å². The fourth-order valence-electron chi connectivity index (χ4n) is 4.27. The van der Waals surface area contributed by atoms with Crippen molar-refractivity contribution >= 4 is 39.8 Å². The number of halogens is 1. The monoisotopic (exact) mass is 499 g/mol. The van der Waals surface area contributed by atoms with Crippen molar-refractivity contribution in [1.82, 2.24) is 15.0 Å². The zero-order chi connectivity index (χ0) is 25.8. The summed E-state index contributed by atoms with van der Waals surface area (Å²) in [6.07, 6.45) is 4.29. The largest absolute Gasteiger partial charge is 0.377 e. The molecule has 0 bridgehead atoms. The number of hydrogen-bond acceptors (Lipinski definition) is 8. The first-order valence-electron chi connectivity index (χ1n) is 11.8. The molecule has 188 valence electrons. The van der Waals surface area contributed by atoms with Gasteiger partial charge >= 0.3 is 0 Å². The van der Waals surface area contributed by atoms with Crippen molar-refractivity contribution in [2.75, 3.05) is 41.8 Å². The Labute approximate surface area is 213 Å². The summed E-state index contributed by atoms with van der Waals surface area (Å²) in [7, 11) is 0. The number of fused-ring (bicyclic) bond motifs is 1. The zero-order valence-corrected chi connectivity index (χ0v) is 20.0. The maximum atomic E-state index is 15.1. The Balaban J connectivity index is 1.44. The highest BCUT2D eigenvalue weighted by molar-refractivity contribution is 6.00. The summed E-state index contributed by atoms with van der Waals surface area (Å²) in [5.41, 5.74) is 9.16. The van der Waals surface area contributed by atoms with Gasteiger partial charge in [0.1, 0.15) is 5.82 Å². The lowest BCUT2D eigenvalue weighted by molar-refractivity contribution is -0.111. The minimum absolute atomic E-state index is 0.141. The molecule has 4 aromatic rings. The van der Waals surface area contributed by atoms with E-state index < -0.39 is 5.82 Å². The van der Waals surface area contributed by atoms with Crippen LogP contribution in [-0.4, -0.2) is 53.2 Å². The number of anilines is 4. The van der Waals surface area contributed by atoms with Gasteiger partial charge in [-0.25, -0.2) is 14.4 Å². The van der Waals surface area contributed by atoms with Gasteiger partial charge in [-0.15, -0.1) is 0 Å². The van der Waals surface area contributed by atoms with Crippen molar-refractivity contribution in [2.24, 2.45) is 5.73 Å². The molecule has 1 unspecified atom stereocenters. The quantitative estimate of drug-likeness (QED) is 0.328. The molecule has 0 aliphatic carbocycles. The van der Waals surface area contributed by atoms with Gasteiger partial charge in [0.25, 0.3) is 0 Å². The molecule has 1 saturated heterocycles. The summed E-state index contributed by atoms with van der Waals surface area (Å²) in [5, 5.41) is 6.51. The van der Waals surface area contributed by atoms with Crippen molar-refractivity contribution in [3.63, 3.8) is 0 Å². The third kappa shape index (κ3) is 5.25. The molecule has 1 atom stereocenters. The van der Waals surface area contributed by atoms with Gasteiger partial charge in [0.05, 0.1) is 36.0 Å². The number of nitrogens with one attached hydrogen (secondary N) is 2. The van der Waals surface area contributed by atoms with Crippen LogP contribution in [0.5, 0.6) is 0 Å². The summed E-state index contributed by atoms with van der Waals surface area (Å²) < 4.78 is 20.6. The molecular formula is C27H26FN7O2. The van der Waals surface area contributed by atoms with Crippen molar-refractivity contribution in [3.8, 4) is 11.3 Å². The van der Waals surface area contributed by atoms with Crippen LogP contribution in [-0.2, 0) is 9.53 Å². The molecule has 4 N–H and O–H groups in total. The Morgan fingerprint density at radius 1 is 1.19 bits per heavy atom. The molecule has 1 aliphatic rings. The van der Waals surface area contributed by atoms with E-state index >= 15 is 4.39 Å². The molecule has 10 heteroatoms. The lowest BCUT2D eigenvalue weighted by atomic mass is 10.1. The summed E-state index contributed by atoms with van der Waals surface area (Å²) >= 11 is 0. The Morgan fingerprint density at radius 3 is 2.81 bits per heavy atom. The molecular weight excluding hydrogens is 473 g/mol. The number of nitrogens with zero attached hydrogens (tertiary/aromatic N) is 4. The molecule has 1 amide bonds. The van der Waals surface area contributed by atoms with Crippen LogP contribution in [0.2, 0.25) is 0 Å². The van der Waals surface area contributed by atoms with E-state index in [1.165, 1.54) is 12.3 Å². The average molecular weight is 500 g/mol. The number of carbonyl (C=O) groups is 1. The highest BCUT2D eigenvalue weighted by Gasteiger charge is 2.22. The number of rotatable bonds is 7. The first-order valence-corrected chi connectivity index (χ1v) is 11.8. The number of ether oxygens (including phenoxy) is 1. The molecule has 9 nitrogen and oxygen atoms in total. The van der Waals surface area contributed by atoms with E-state index in [0.717, 1.165) is 24.0 Å². The van der Waals surface area contributed by atoms with E-state index in [0.29, 0.717) is 48.0 Å². The zero-order valence-electron chi connectivity index (χ0n) is 20.0. The molecule has 0 radical (unpaired) electrons. The van der Waals surface area contributed by atoms with E-state index in [-0.39, 0.29) is 17.5 Å². The maximum absolute atomic E-state index is 15.1. The first-order chi connectivity index (χ1) is 18.1. The number of morpholine rings is 1. The van der Waals surface area contributed by atoms with E-state index in [9.17, 15) is 4.79 Å². The average Bonchev–Trinajstić information content (AvgIpc) is 2.93. The minimum Gasteiger partial charge on any atom is -0.377 e. The predicted octanol–water partition coefficient (Wildman–Crippen LogP) is 3.86. The number of carbonyl (C=O) groups excluding carboxylic acids is 1. The summed E-state index contributed by atoms with van der Waals surface area (Å²) in [6.45, 7) is 6.02. The van der Waals surface area contributed by atoms with Crippen LogP contribution in [0.3, 0.4) is 0 Å². The van der Waals surface area contributed by atoms with Crippen LogP contribution in [0.25, 0.3) is 22.2 Å². The van der Waals surface area contributed by atoms with Gasteiger partial charge in [0.15, 0.2) is 0 Å². The summed E-state index contributed by atoms with van der Waals surface area (Å²) in [5.74, 6) is -0.543. The lowest BCUT2D eigenvalue weighted by Gasteiger charge is -2.36. The smallest absolute Gasteiger partial charge is 0.247 e. The Hall–Kier alpha value is -4.41. The van der Waals surface area contributed by atoms with Crippen molar-refractivity contribution in [1.29, 1.82) is 0 Å². The number of aromatic nitrogens is 3. The molecule has 0 saturated carbocycles. The van der Waals surface area contributed by atoms with Gasteiger partial charge < -0.3 is 26.0 Å². The lowest BCUT2D eigenvalue weighted by Crippen LogP contribution is -2.49. The number of pyridine rings is 1. The van der Waals surface area contributed by atoms with Crippen LogP contribution in [0.4, 0.5) is 27.4 Å². The van der Waals surface area contributed by atoms with Gasteiger partial charge in [-0.1, -0.05) is 6.58 Å². The number of nitrogens with two attached hydrogens (primary N) is 1. The molecule has 2 aromatic carbocycles. The van der Waals surface area contributed by atoms with Crippen LogP contribution in [0, 0.1) is 5.82 Å². The molecule has 37 heavy (non-hydrogen) atoms. The predicted molar refractivity (Wildman–Crippen MR) is 142 cm³/mol. The Morgan fingerprint density at radius 2 is 2.03 bits per heavy atom. The van der Waals surface area contributed by atoms with E-state index in [2.05, 4.69) is 37.1 Å². The fourth-order valence-corrected chi connectivity index (χ4v) is 4.27. The number of amides is 1. The standard InChI is InChI=1S/C27H26FN7O2/c1-2-24(36)32-19-9-10-30-23(13-19)25-22(28)8-3-17-15-31-27(34-26(17)25)33-18-4-6-20(7-5-18)35-11-12-37-16-21(35)14-29/h2-10,13,15,21H,1,11-12,14,16,29H2,(H,30,32,36)(H,31,33,34). The fraction of sp³-hybridized carbons (Fsp3) is 0.185. The van der Waals surface area contributed by atoms with Crippen LogP contribution in [0.1, 0.15) is 0 Å². The SMILES string of the molecule is C=CC(=O)Nc1ccnc(-c2c(F)ccc3cnc(Nc4ccc(N5CCOCC5CN)cc4)nc23)c1. The summed E-state index contributed by atoms with van der Waals surface area (Å²) in [4.78, 5) is 27.3. The Bertz CT molecular complexity index is 1440. The van der Waals surface area contributed by atoms with E-state index in [1.807, 2.05) is 24.3 Å². The molecule has 3 heterocycles. The van der Waals surface area contributed by atoms with E-state index in [4.69, 9.17) is 10.5 Å². The summed E-state index contributed by atoms with van der Waals surface area (Å²) in [6, 6.07) is 14.2. The molecule has 1 fully saturated rings. The van der Waals surface area contributed by atoms with E-state index in [1.54, 1.807) is 24.4 Å². The second-order valence-corrected chi connectivity index (χ2v) is 8.51. The molecule has 0 spiro atoms. The third-order valence-electron chi connectivity index (χ3n) is 6.13. The second kappa shape index (κ2) is 10.7. The highest BCUT2D eigenvalue weighted by Crippen LogP contribution is 2.31. The number of benzene rings is 2. The number of hydrogen-bond donors (Lipinski definition) is 3. The third-order valence-corrected chi connectivity index (χ3v) is 6.13. The minimum atomic E-state index is -0.485. The topological polar surface area (TPSA) is 118 Å². The van der Waals surface area contributed by atoms with Crippen LogP contribution in [0.15, 0.2) is 73.6 Å². The van der Waals surface area contributed by atoms with Gasteiger partial charge in [0.2, 0.25) is 11.9 Å². The van der Waals surface area contributed by atoms with Gasteiger partial charge in [-0.2, -0.15) is 0 Å². The second-order valence-electron chi connectivity index (χ2n) is 8.51. The van der Waals surface area contributed by atoms with Crippen molar-refractivity contribution in [3.05, 3.63) is 79.4 Å². The first kappa shape index (κ1) is 24.3. The van der Waals surface area contributed by atoms with Crippen LogP contribution >= 0.6 is 0 Å². The van der Waals surface area contributed by atoms with Crippen LogP contribution < -0.4 is 21.3 Å². The molecule has 1 aliphatic heterocycles. The van der Waals surface area contributed by atoms with Gasteiger partial charge in [0, 0.05) is 47.9 Å². The molecule has 5 rings (SSSR count). The Kier molecular flexibility index (Phi) is 7.02. The van der Waals surface area contributed by atoms with Gasteiger partial charge in [-0.3, -0.25) is 9.78 Å².